The predicted molar refractivity (Wildman–Crippen MR) is 94.1 cm³/mol. The van der Waals surface area contributed by atoms with Gasteiger partial charge in [-0.15, -0.1) is 0 Å². The summed E-state index contributed by atoms with van der Waals surface area (Å²) in [5, 5.41) is 6.41. The predicted octanol–water partition coefficient (Wildman–Crippen LogP) is 4.78. The first kappa shape index (κ1) is 19.6. The lowest BCUT2D eigenvalue weighted by Gasteiger charge is -2.09. The third-order valence-corrected chi connectivity index (χ3v) is 4.15. The van der Waals surface area contributed by atoms with E-state index in [1.54, 1.807) is 12.1 Å². The van der Waals surface area contributed by atoms with Crippen LogP contribution in [-0.2, 0) is 12.6 Å². The molecule has 0 saturated heterocycles. The van der Waals surface area contributed by atoms with Gasteiger partial charge in [0.15, 0.2) is 5.76 Å². The van der Waals surface area contributed by atoms with Gasteiger partial charge in [-0.1, -0.05) is 29.4 Å². The molecule has 0 saturated carbocycles. The number of aromatic nitrogens is 1. The first-order valence-electron chi connectivity index (χ1n) is 8.42. The molecule has 146 valence electrons. The molecule has 1 heterocycles. The van der Waals surface area contributed by atoms with Crippen LogP contribution in [0.25, 0.3) is 11.3 Å². The Morgan fingerprint density at radius 1 is 1.14 bits per heavy atom. The van der Waals surface area contributed by atoms with Crippen molar-refractivity contribution in [1.29, 1.82) is 0 Å². The van der Waals surface area contributed by atoms with E-state index in [4.69, 9.17) is 4.52 Å². The smallest absolute Gasteiger partial charge is 0.355 e. The van der Waals surface area contributed by atoms with Gasteiger partial charge in [-0.25, -0.2) is 4.39 Å². The zero-order valence-electron chi connectivity index (χ0n) is 14.8. The minimum absolute atomic E-state index is 0.0251. The summed E-state index contributed by atoms with van der Waals surface area (Å²) in [5.74, 6) is -0.880. The van der Waals surface area contributed by atoms with Gasteiger partial charge in [-0.3, -0.25) is 4.79 Å². The van der Waals surface area contributed by atoms with Crippen LogP contribution in [0.4, 0.5) is 17.6 Å². The lowest BCUT2D eigenvalue weighted by molar-refractivity contribution is -0.137. The first-order valence-corrected chi connectivity index (χ1v) is 8.42. The quantitative estimate of drug-likeness (QED) is 0.636. The molecule has 0 aliphatic heterocycles. The second kappa shape index (κ2) is 7.84. The Morgan fingerprint density at radius 2 is 1.86 bits per heavy atom. The van der Waals surface area contributed by atoms with Crippen molar-refractivity contribution in [2.24, 2.45) is 0 Å². The molecular formula is C20H16F4N2O2. The Balaban J connectivity index is 1.77. The molecule has 1 N–H and O–H groups in total. The van der Waals surface area contributed by atoms with Crippen LogP contribution in [0.15, 0.2) is 53.1 Å². The number of carbonyl (C=O) groups is 1. The fourth-order valence-corrected chi connectivity index (χ4v) is 2.73. The second-order valence-electron chi connectivity index (χ2n) is 6.18. The highest BCUT2D eigenvalue weighted by molar-refractivity contribution is 6.00. The Labute approximate surface area is 158 Å². The van der Waals surface area contributed by atoms with E-state index in [1.807, 2.05) is 0 Å². The van der Waals surface area contributed by atoms with Gasteiger partial charge in [0.25, 0.3) is 5.91 Å². The zero-order chi connectivity index (χ0) is 20.3. The maximum absolute atomic E-state index is 13.0. The Bertz CT molecular complexity index is 979. The molecule has 0 unspecified atom stereocenters. The largest absolute Gasteiger partial charge is 0.416 e. The molecule has 0 atom stereocenters. The van der Waals surface area contributed by atoms with Crippen LogP contribution < -0.4 is 5.32 Å². The third kappa shape index (κ3) is 4.39. The van der Waals surface area contributed by atoms with E-state index in [-0.39, 0.29) is 34.9 Å². The SMILES string of the molecule is Cc1noc(-c2cccc(C(F)(F)F)c2)c1C(=O)NCCc1ccc(F)cc1. The van der Waals surface area contributed by atoms with Crippen LogP contribution in [0.1, 0.15) is 27.2 Å². The molecule has 3 rings (SSSR count). The van der Waals surface area contributed by atoms with Gasteiger partial charge >= 0.3 is 6.18 Å². The molecule has 0 aliphatic rings. The van der Waals surface area contributed by atoms with E-state index >= 15 is 0 Å². The molecule has 4 nitrogen and oxygen atoms in total. The minimum Gasteiger partial charge on any atom is -0.355 e. The molecule has 0 aliphatic carbocycles. The maximum atomic E-state index is 13.0. The van der Waals surface area contributed by atoms with Crippen LogP contribution in [0.5, 0.6) is 0 Å². The van der Waals surface area contributed by atoms with Gasteiger partial charge in [0.2, 0.25) is 0 Å². The standard InChI is InChI=1S/C20H16F4N2O2/c1-12-17(19(27)25-10-9-13-5-7-16(21)8-6-13)18(28-26-12)14-3-2-4-15(11-14)20(22,23)24/h2-8,11H,9-10H2,1H3,(H,25,27). The van der Waals surface area contributed by atoms with Gasteiger partial charge in [-0.2, -0.15) is 13.2 Å². The second-order valence-corrected chi connectivity index (χ2v) is 6.18. The number of alkyl halides is 3. The summed E-state index contributed by atoms with van der Waals surface area (Å²) in [6, 6.07) is 10.4. The molecule has 1 aromatic heterocycles. The summed E-state index contributed by atoms with van der Waals surface area (Å²) in [7, 11) is 0. The molecule has 2 aromatic carbocycles. The molecule has 0 fully saturated rings. The summed E-state index contributed by atoms with van der Waals surface area (Å²) in [4.78, 5) is 12.6. The number of carbonyl (C=O) groups excluding carboxylic acids is 1. The Morgan fingerprint density at radius 3 is 2.54 bits per heavy atom. The minimum atomic E-state index is -4.51. The molecule has 0 bridgehead atoms. The number of aryl methyl sites for hydroxylation is 1. The fourth-order valence-electron chi connectivity index (χ4n) is 2.73. The van der Waals surface area contributed by atoms with E-state index in [1.165, 1.54) is 31.2 Å². The molecule has 8 heteroatoms. The fraction of sp³-hybridized carbons (Fsp3) is 0.200. The topological polar surface area (TPSA) is 55.1 Å². The summed E-state index contributed by atoms with van der Waals surface area (Å²) >= 11 is 0. The van der Waals surface area contributed by atoms with E-state index in [9.17, 15) is 22.4 Å². The van der Waals surface area contributed by atoms with Crippen LogP contribution in [0.3, 0.4) is 0 Å². The highest BCUT2D eigenvalue weighted by Gasteiger charge is 2.31. The van der Waals surface area contributed by atoms with E-state index in [0.29, 0.717) is 6.42 Å². The molecule has 28 heavy (non-hydrogen) atoms. The maximum Gasteiger partial charge on any atom is 0.416 e. The number of nitrogens with one attached hydrogen (secondary N) is 1. The number of rotatable bonds is 5. The number of hydrogen-bond donors (Lipinski definition) is 1. The summed E-state index contributed by atoms with van der Waals surface area (Å²) in [6.45, 7) is 1.80. The molecular weight excluding hydrogens is 376 g/mol. The lowest BCUT2D eigenvalue weighted by Crippen LogP contribution is -2.26. The third-order valence-electron chi connectivity index (χ3n) is 4.15. The summed E-state index contributed by atoms with van der Waals surface area (Å²) < 4.78 is 56.9. The van der Waals surface area contributed by atoms with Crippen molar-refractivity contribution in [2.45, 2.75) is 19.5 Å². The first-order chi connectivity index (χ1) is 13.3. The molecule has 0 radical (unpaired) electrons. The van der Waals surface area contributed by atoms with Gasteiger partial charge in [-0.05, 0) is 43.2 Å². The van der Waals surface area contributed by atoms with Gasteiger partial charge < -0.3 is 9.84 Å². The van der Waals surface area contributed by atoms with Gasteiger partial charge in [0.1, 0.15) is 11.4 Å². The van der Waals surface area contributed by atoms with Crippen molar-refractivity contribution in [3.05, 3.63) is 76.7 Å². The summed E-state index contributed by atoms with van der Waals surface area (Å²) in [5.41, 5.74) is 0.452. The van der Waals surface area contributed by atoms with E-state index < -0.39 is 17.6 Å². The molecule has 3 aromatic rings. The van der Waals surface area contributed by atoms with Crippen molar-refractivity contribution in [3.63, 3.8) is 0 Å². The van der Waals surface area contributed by atoms with Crippen molar-refractivity contribution in [1.82, 2.24) is 10.5 Å². The van der Waals surface area contributed by atoms with E-state index in [2.05, 4.69) is 10.5 Å². The van der Waals surface area contributed by atoms with Crippen molar-refractivity contribution < 1.29 is 26.9 Å². The van der Waals surface area contributed by atoms with Crippen LogP contribution in [-0.4, -0.2) is 17.6 Å². The Hall–Kier alpha value is -3.16. The van der Waals surface area contributed by atoms with Crippen LogP contribution in [0, 0.1) is 12.7 Å². The van der Waals surface area contributed by atoms with Gasteiger partial charge in [0.05, 0.1) is 11.3 Å². The lowest BCUT2D eigenvalue weighted by atomic mass is 10.0. The number of hydrogen-bond acceptors (Lipinski definition) is 3. The average molecular weight is 392 g/mol. The number of amides is 1. The highest BCUT2D eigenvalue weighted by atomic mass is 19.4. The normalized spacial score (nSPS) is 11.5. The number of nitrogens with zero attached hydrogens (tertiary/aromatic N) is 1. The monoisotopic (exact) mass is 392 g/mol. The highest BCUT2D eigenvalue weighted by Crippen LogP contribution is 2.33. The summed E-state index contributed by atoms with van der Waals surface area (Å²) in [6.07, 6.45) is -4.04. The van der Waals surface area contributed by atoms with Crippen LogP contribution >= 0.6 is 0 Å². The molecule has 1 amide bonds. The van der Waals surface area contributed by atoms with Crippen molar-refractivity contribution >= 4 is 5.91 Å². The van der Waals surface area contributed by atoms with E-state index in [0.717, 1.165) is 17.7 Å². The van der Waals surface area contributed by atoms with Crippen molar-refractivity contribution in [3.8, 4) is 11.3 Å². The van der Waals surface area contributed by atoms with Gasteiger partial charge in [0, 0.05) is 12.1 Å². The zero-order valence-corrected chi connectivity index (χ0v) is 14.8. The average Bonchev–Trinajstić information content (AvgIpc) is 3.04. The Kier molecular flexibility index (Phi) is 5.48. The van der Waals surface area contributed by atoms with Crippen molar-refractivity contribution in [2.75, 3.05) is 6.54 Å². The van der Waals surface area contributed by atoms with Crippen LogP contribution in [0.2, 0.25) is 0 Å². The number of benzene rings is 2. The molecule has 0 spiro atoms. The number of halogens is 4.